The first-order valence-corrected chi connectivity index (χ1v) is 5.94. The Morgan fingerprint density at radius 3 is 2.71 bits per heavy atom. The lowest BCUT2D eigenvalue weighted by Crippen LogP contribution is -2.38. The fraction of sp³-hybridized carbons (Fsp3) is 0.250. The number of hydrogen-bond acceptors (Lipinski definition) is 5. The summed E-state index contributed by atoms with van der Waals surface area (Å²) in [6.45, 7) is 1.31. The number of aryl methyl sites for hydroxylation is 1. The number of fused-ring (bicyclic) bond motifs is 1. The molecule has 110 valence electrons. The summed E-state index contributed by atoms with van der Waals surface area (Å²) in [5, 5.41) is 11.0. The van der Waals surface area contributed by atoms with Crippen LogP contribution in [0.2, 0.25) is 0 Å². The minimum absolute atomic E-state index is 0.0275. The van der Waals surface area contributed by atoms with Crippen molar-refractivity contribution < 1.29 is 14.7 Å². The minimum Gasteiger partial charge on any atom is -0.480 e. The van der Waals surface area contributed by atoms with Crippen LogP contribution in [0.25, 0.3) is 11.0 Å². The van der Waals surface area contributed by atoms with Gasteiger partial charge in [-0.15, -0.1) is 0 Å². The van der Waals surface area contributed by atoms with Crippen LogP contribution >= 0.6 is 0 Å². The van der Waals surface area contributed by atoms with Gasteiger partial charge in [0.1, 0.15) is 11.7 Å². The van der Waals surface area contributed by atoms with Crippen molar-refractivity contribution in [2.75, 3.05) is 0 Å². The minimum atomic E-state index is -1.18. The van der Waals surface area contributed by atoms with E-state index in [1.54, 1.807) is 0 Å². The lowest BCUT2D eigenvalue weighted by molar-refractivity contribution is -0.138. The molecule has 9 nitrogen and oxygen atoms in total. The number of carbonyl (C=O) groups is 2. The van der Waals surface area contributed by atoms with Gasteiger partial charge < -0.3 is 10.4 Å². The number of aliphatic carboxylic acids is 1. The zero-order chi connectivity index (χ0) is 15.7. The van der Waals surface area contributed by atoms with Gasteiger partial charge in [-0.2, -0.15) is 0 Å². The molecule has 0 aliphatic carbocycles. The van der Waals surface area contributed by atoms with Crippen molar-refractivity contribution >= 4 is 22.9 Å². The highest BCUT2D eigenvalue weighted by molar-refractivity contribution is 5.98. The number of rotatable bonds is 3. The van der Waals surface area contributed by atoms with E-state index in [1.165, 1.54) is 26.2 Å². The van der Waals surface area contributed by atoms with Gasteiger partial charge in [0.2, 0.25) is 0 Å². The first kappa shape index (κ1) is 14.4. The molecular weight excluding hydrogens is 280 g/mol. The van der Waals surface area contributed by atoms with E-state index in [-0.39, 0.29) is 16.6 Å². The van der Waals surface area contributed by atoms with Crippen molar-refractivity contribution in [3.05, 3.63) is 38.7 Å². The first-order valence-electron chi connectivity index (χ1n) is 5.94. The van der Waals surface area contributed by atoms with Crippen LogP contribution in [-0.4, -0.2) is 37.6 Å². The molecule has 3 N–H and O–H groups in total. The molecule has 0 spiro atoms. The summed E-state index contributed by atoms with van der Waals surface area (Å²) < 4.78 is 1.14. The third-order valence-electron chi connectivity index (χ3n) is 2.93. The van der Waals surface area contributed by atoms with E-state index in [1.807, 2.05) is 0 Å². The zero-order valence-corrected chi connectivity index (χ0v) is 11.2. The molecule has 1 amide bonds. The highest BCUT2D eigenvalue weighted by atomic mass is 16.4. The molecule has 2 heterocycles. The van der Waals surface area contributed by atoms with Crippen molar-refractivity contribution in [1.82, 2.24) is 19.9 Å². The number of carboxylic acid groups (broad SMARTS) is 1. The lowest BCUT2D eigenvalue weighted by Gasteiger charge is -2.09. The van der Waals surface area contributed by atoms with Crippen LogP contribution in [0.1, 0.15) is 17.3 Å². The molecule has 0 aromatic carbocycles. The molecule has 0 bridgehead atoms. The van der Waals surface area contributed by atoms with Crippen molar-refractivity contribution in [3.63, 3.8) is 0 Å². The summed E-state index contributed by atoms with van der Waals surface area (Å²) in [6, 6.07) is 0.177. The predicted molar refractivity (Wildman–Crippen MR) is 72.2 cm³/mol. The standard InChI is InChI=1S/C12H12N4O5/c1-5(11(19)20)14-9(17)6-3-7-8(13-4-6)16(2)12(21)15-10(7)18/h3-5H,1-2H3,(H,14,17)(H,19,20)(H,15,18,21). The van der Waals surface area contributed by atoms with Crippen LogP contribution in [0.4, 0.5) is 0 Å². The number of amides is 1. The Morgan fingerprint density at radius 2 is 2.10 bits per heavy atom. The number of nitrogens with zero attached hydrogens (tertiary/aromatic N) is 2. The molecule has 0 aliphatic rings. The predicted octanol–water partition coefficient (Wildman–Crippen LogP) is -1.18. The van der Waals surface area contributed by atoms with Gasteiger partial charge in [0.25, 0.3) is 11.5 Å². The Hall–Kier alpha value is -2.97. The van der Waals surface area contributed by atoms with Gasteiger partial charge in [-0.1, -0.05) is 0 Å². The zero-order valence-electron chi connectivity index (χ0n) is 11.2. The number of pyridine rings is 1. The molecule has 2 aromatic heterocycles. The molecule has 1 unspecified atom stereocenters. The second-order valence-electron chi connectivity index (χ2n) is 4.45. The first-order chi connectivity index (χ1) is 9.81. The second-order valence-corrected chi connectivity index (χ2v) is 4.45. The fourth-order valence-electron chi connectivity index (χ4n) is 1.70. The average Bonchev–Trinajstić information content (AvgIpc) is 2.44. The number of H-pyrrole nitrogens is 1. The van der Waals surface area contributed by atoms with Crippen LogP contribution in [0.3, 0.4) is 0 Å². The monoisotopic (exact) mass is 292 g/mol. The van der Waals surface area contributed by atoms with Crippen LogP contribution in [0.5, 0.6) is 0 Å². The SMILES string of the molecule is CC(NC(=O)c1cnc2c(c1)c(=O)[nH]c(=O)n2C)C(=O)O. The van der Waals surface area contributed by atoms with Gasteiger partial charge in [-0.3, -0.25) is 23.9 Å². The summed E-state index contributed by atoms with van der Waals surface area (Å²) in [7, 11) is 1.43. The Labute approximate surface area is 117 Å². The molecule has 0 saturated heterocycles. The van der Waals surface area contributed by atoms with Gasteiger partial charge in [-0.05, 0) is 13.0 Å². The number of aromatic amines is 1. The topological polar surface area (TPSA) is 134 Å². The number of carboxylic acids is 1. The average molecular weight is 292 g/mol. The van der Waals surface area contributed by atoms with Crippen LogP contribution in [-0.2, 0) is 11.8 Å². The van der Waals surface area contributed by atoms with Crippen molar-refractivity contribution in [1.29, 1.82) is 0 Å². The molecule has 21 heavy (non-hydrogen) atoms. The molecule has 0 aliphatic heterocycles. The van der Waals surface area contributed by atoms with E-state index in [0.717, 1.165) is 4.57 Å². The maximum Gasteiger partial charge on any atom is 0.329 e. The number of nitrogens with one attached hydrogen (secondary N) is 2. The van der Waals surface area contributed by atoms with Crippen molar-refractivity contribution in [3.8, 4) is 0 Å². The third-order valence-corrected chi connectivity index (χ3v) is 2.93. The van der Waals surface area contributed by atoms with Gasteiger partial charge in [0.05, 0.1) is 10.9 Å². The Balaban J connectivity index is 2.49. The van der Waals surface area contributed by atoms with E-state index >= 15 is 0 Å². The highest BCUT2D eigenvalue weighted by Gasteiger charge is 2.17. The van der Waals surface area contributed by atoms with Crippen molar-refractivity contribution in [2.24, 2.45) is 7.05 Å². The summed E-state index contributed by atoms with van der Waals surface area (Å²) in [5.74, 6) is -1.86. The second kappa shape index (κ2) is 5.19. The Kier molecular flexibility index (Phi) is 3.57. The van der Waals surface area contributed by atoms with Crippen LogP contribution in [0, 0.1) is 0 Å². The van der Waals surface area contributed by atoms with Gasteiger partial charge in [0.15, 0.2) is 0 Å². The maximum absolute atomic E-state index is 11.9. The molecule has 2 aromatic rings. The van der Waals surface area contributed by atoms with Gasteiger partial charge in [0, 0.05) is 13.2 Å². The summed E-state index contributed by atoms with van der Waals surface area (Å²) in [4.78, 5) is 51.7. The third kappa shape index (κ3) is 2.66. The van der Waals surface area contributed by atoms with Crippen LogP contribution < -0.4 is 16.6 Å². The van der Waals surface area contributed by atoms with Gasteiger partial charge in [-0.25, -0.2) is 9.78 Å². The van der Waals surface area contributed by atoms with E-state index in [4.69, 9.17) is 5.11 Å². The molecule has 0 radical (unpaired) electrons. The van der Waals surface area contributed by atoms with E-state index in [9.17, 15) is 19.2 Å². The normalized spacial score (nSPS) is 12.1. The van der Waals surface area contributed by atoms with Crippen molar-refractivity contribution in [2.45, 2.75) is 13.0 Å². The largest absolute Gasteiger partial charge is 0.480 e. The van der Waals surface area contributed by atoms with Gasteiger partial charge >= 0.3 is 11.7 Å². The fourth-order valence-corrected chi connectivity index (χ4v) is 1.70. The van der Waals surface area contributed by atoms with Crippen LogP contribution in [0.15, 0.2) is 21.9 Å². The quantitative estimate of drug-likeness (QED) is 0.652. The Morgan fingerprint density at radius 1 is 1.43 bits per heavy atom. The molecule has 2 rings (SSSR count). The molecule has 1 atom stereocenters. The maximum atomic E-state index is 11.9. The summed E-state index contributed by atoms with van der Waals surface area (Å²) >= 11 is 0. The van der Waals surface area contributed by atoms with E-state index in [2.05, 4.69) is 15.3 Å². The number of hydrogen-bond donors (Lipinski definition) is 3. The number of carbonyl (C=O) groups excluding carboxylic acids is 1. The van der Waals surface area contributed by atoms with E-state index < -0.39 is 29.2 Å². The highest BCUT2D eigenvalue weighted by Crippen LogP contribution is 2.07. The number of aromatic nitrogens is 3. The smallest absolute Gasteiger partial charge is 0.329 e. The Bertz CT molecular complexity index is 851. The molecular formula is C12H12N4O5. The lowest BCUT2D eigenvalue weighted by atomic mass is 10.2. The molecule has 0 saturated carbocycles. The molecule has 0 fully saturated rings. The summed E-state index contributed by atoms with van der Waals surface area (Å²) in [5.41, 5.74) is -1.12. The molecule has 9 heteroatoms. The van der Waals surface area contributed by atoms with E-state index in [0.29, 0.717) is 0 Å². The summed E-state index contributed by atoms with van der Waals surface area (Å²) in [6.07, 6.45) is 1.17.